The number of aromatic nitrogens is 4. The van der Waals surface area contributed by atoms with Crippen molar-refractivity contribution in [3.8, 4) is 0 Å². The number of hydrogen-bond acceptors (Lipinski definition) is 4. The summed E-state index contributed by atoms with van der Waals surface area (Å²) in [7, 11) is 0. The van der Waals surface area contributed by atoms with Gasteiger partial charge in [-0.2, -0.15) is 22.0 Å². The molecule has 0 saturated heterocycles. The summed E-state index contributed by atoms with van der Waals surface area (Å²) in [5.41, 5.74) is 4.87. The Morgan fingerprint density at radius 2 is 1.83 bits per heavy atom. The second-order valence-electron chi connectivity index (χ2n) is 3.15. The van der Waals surface area contributed by atoms with Gasteiger partial charge in [0.1, 0.15) is 12.7 Å². The molecule has 0 amide bonds. The fraction of sp³-hybridized carbons (Fsp3) is 0.125. The lowest BCUT2D eigenvalue weighted by Gasteiger charge is -2.05. The Balaban J connectivity index is 2.67. The maximum Gasteiger partial charge on any atom is 0.447 e. The van der Waals surface area contributed by atoms with Crippen molar-refractivity contribution in [1.29, 1.82) is 0 Å². The van der Waals surface area contributed by atoms with Gasteiger partial charge < -0.3 is 5.73 Å². The van der Waals surface area contributed by atoms with Crippen LogP contribution in [0.1, 0.15) is 0 Å². The molecule has 2 aromatic heterocycles. The maximum atomic E-state index is 13.3. The summed E-state index contributed by atoms with van der Waals surface area (Å²) >= 11 is 0. The summed E-state index contributed by atoms with van der Waals surface area (Å²) in [5.74, 6) is -5.19. The van der Waals surface area contributed by atoms with Crippen LogP contribution >= 0.6 is 0 Å². The first kappa shape index (κ1) is 12.2. The van der Waals surface area contributed by atoms with E-state index in [9.17, 15) is 22.0 Å². The number of fused-ring (bicyclic) bond motifs is 1. The van der Waals surface area contributed by atoms with Crippen LogP contribution in [0.4, 0.5) is 27.8 Å². The molecular weight excluding hydrogens is 261 g/mol. The van der Waals surface area contributed by atoms with Crippen LogP contribution in [0.3, 0.4) is 0 Å². The molecule has 0 aliphatic rings. The predicted molar refractivity (Wildman–Crippen MR) is 51.2 cm³/mol. The van der Waals surface area contributed by atoms with Crippen LogP contribution < -0.4 is 5.73 Å². The quantitative estimate of drug-likeness (QED) is 0.801. The highest BCUT2D eigenvalue weighted by molar-refractivity contribution is 5.83. The van der Waals surface area contributed by atoms with Gasteiger partial charge in [-0.3, -0.25) is 4.57 Å². The van der Waals surface area contributed by atoms with Gasteiger partial charge in [0.05, 0.1) is 0 Å². The molecule has 96 valence electrons. The van der Waals surface area contributed by atoms with Gasteiger partial charge in [-0.05, 0) is 0 Å². The fourth-order valence-electron chi connectivity index (χ4n) is 1.22. The molecule has 2 heterocycles. The second kappa shape index (κ2) is 3.89. The standard InChI is InChI=1S/C8H4F5N5/c9-4(8(11,12)13)5(10)18-2-17-3-6(14)15-1-16-7(3)18/h1-2H,(H2,14,15,16)/b5-4-. The molecule has 0 atom stereocenters. The molecule has 0 bridgehead atoms. The van der Waals surface area contributed by atoms with E-state index in [0.717, 1.165) is 6.33 Å². The van der Waals surface area contributed by atoms with Crippen LogP contribution in [0, 0.1) is 0 Å². The molecule has 18 heavy (non-hydrogen) atoms. The second-order valence-corrected chi connectivity index (χ2v) is 3.15. The molecule has 2 aromatic rings. The number of nitrogens with zero attached hydrogens (tertiary/aromatic N) is 4. The smallest absolute Gasteiger partial charge is 0.382 e. The zero-order valence-electron chi connectivity index (χ0n) is 8.41. The number of anilines is 1. The number of nitrogens with two attached hydrogens (primary N) is 1. The van der Waals surface area contributed by atoms with Crippen molar-refractivity contribution in [3.05, 3.63) is 18.5 Å². The number of imidazole rings is 1. The van der Waals surface area contributed by atoms with Crippen LogP contribution in [0.15, 0.2) is 18.5 Å². The summed E-state index contributed by atoms with van der Waals surface area (Å²) < 4.78 is 62.3. The Kier molecular flexibility index (Phi) is 2.64. The largest absolute Gasteiger partial charge is 0.447 e. The minimum atomic E-state index is -5.43. The molecule has 0 unspecified atom stereocenters. The molecular formula is C8H4F5N5. The van der Waals surface area contributed by atoms with Crippen molar-refractivity contribution < 1.29 is 22.0 Å². The zero-order valence-corrected chi connectivity index (χ0v) is 8.41. The number of hydrogen-bond donors (Lipinski definition) is 1. The number of halogens is 5. The third-order valence-electron chi connectivity index (χ3n) is 2.00. The van der Waals surface area contributed by atoms with Crippen LogP contribution in [0.5, 0.6) is 0 Å². The lowest BCUT2D eigenvalue weighted by molar-refractivity contribution is -0.109. The summed E-state index contributed by atoms with van der Waals surface area (Å²) in [5, 5.41) is 0. The molecule has 2 rings (SSSR count). The predicted octanol–water partition coefficient (Wildman–Crippen LogP) is 2.04. The van der Waals surface area contributed by atoms with E-state index in [0.29, 0.717) is 6.33 Å². The van der Waals surface area contributed by atoms with E-state index < -0.39 is 18.0 Å². The Morgan fingerprint density at radius 3 is 2.44 bits per heavy atom. The lowest BCUT2D eigenvalue weighted by atomic mass is 10.5. The van der Waals surface area contributed by atoms with Crippen LogP contribution in [0.2, 0.25) is 0 Å². The van der Waals surface area contributed by atoms with E-state index in [2.05, 4.69) is 15.0 Å². The first-order valence-corrected chi connectivity index (χ1v) is 4.38. The van der Waals surface area contributed by atoms with Crippen LogP contribution in [0.25, 0.3) is 17.1 Å². The minimum Gasteiger partial charge on any atom is -0.382 e. The average molecular weight is 265 g/mol. The molecule has 0 aliphatic carbocycles. The van der Waals surface area contributed by atoms with Crippen molar-refractivity contribution in [1.82, 2.24) is 19.5 Å². The van der Waals surface area contributed by atoms with Gasteiger partial charge in [0.15, 0.2) is 17.0 Å². The molecule has 2 N–H and O–H groups in total. The van der Waals surface area contributed by atoms with Gasteiger partial charge in [0.2, 0.25) is 5.95 Å². The van der Waals surface area contributed by atoms with Gasteiger partial charge in [0, 0.05) is 0 Å². The molecule has 0 radical (unpaired) electrons. The third-order valence-corrected chi connectivity index (χ3v) is 2.00. The highest BCUT2D eigenvalue weighted by Crippen LogP contribution is 2.32. The Hall–Kier alpha value is -2.26. The van der Waals surface area contributed by atoms with E-state index in [-0.39, 0.29) is 21.5 Å². The number of rotatable bonds is 1. The van der Waals surface area contributed by atoms with E-state index in [1.807, 2.05) is 0 Å². The maximum absolute atomic E-state index is 13.3. The number of nitrogen functional groups attached to an aromatic ring is 1. The Morgan fingerprint density at radius 1 is 1.17 bits per heavy atom. The van der Waals surface area contributed by atoms with Gasteiger partial charge in [-0.15, -0.1) is 0 Å². The first-order chi connectivity index (χ1) is 8.32. The van der Waals surface area contributed by atoms with Crippen molar-refractivity contribution in [2.75, 3.05) is 5.73 Å². The van der Waals surface area contributed by atoms with E-state index in [1.165, 1.54) is 0 Å². The average Bonchev–Trinajstić information content (AvgIpc) is 2.71. The van der Waals surface area contributed by atoms with Gasteiger partial charge in [0.25, 0.3) is 5.83 Å². The topological polar surface area (TPSA) is 69.6 Å². The Labute approximate surface area is 95.8 Å². The molecule has 5 nitrogen and oxygen atoms in total. The van der Waals surface area contributed by atoms with E-state index >= 15 is 0 Å². The first-order valence-electron chi connectivity index (χ1n) is 4.38. The SMILES string of the molecule is Nc1ncnc2c1ncn2/C(F)=C(\F)C(F)(F)F. The van der Waals surface area contributed by atoms with E-state index in [4.69, 9.17) is 5.73 Å². The van der Waals surface area contributed by atoms with Crippen LogP contribution in [-0.4, -0.2) is 25.7 Å². The van der Waals surface area contributed by atoms with Gasteiger partial charge >= 0.3 is 6.18 Å². The summed E-state index contributed by atoms with van der Waals surface area (Å²) in [6.07, 6.45) is -3.90. The van der Waals surface area contributed by atoms with E-state index in [1.54, 1.807) is 0 Å². The lowest BCUT2D eigenvalue weighted by Crippen LogP contribution is -2.11. The van der Waals surface area contributed by atoms with Gasteiger partial charge in [-0.25, -0.2) is 15.0 Å². The molecule has 0 spiro atoms. The highest BCUT2D eigenvalue weighted by atomic mass is 19.4. The summed E-state index contributed by atoms with van der Waals surface area (Å²) in [4.78, 5) is 10.5. The molecule has 0 aromatic carbocycles. The van der Waals surface area contributed by atoms with Crippen molar-refractivity contribution in [2.24, 2.45) is 0 Å². The number of allylic oxidation sites excluding steroid dienone is 1. The van der Waals surface area contributed by atoms with Crippen molar-refractivity contribution >= 4 is 22.9 Å². The Bertz CT molecular complexity index is 628. The minimum absolute atomic E-state index is 0.123. The van der Waals surface area contributed by atoms with Gasteiger partial charge in [-0.1, -0.05) is 0 Å². The highest BCUT2D eigenvalue weighted by Gasteiger charge is 2.39. The zero-order chi connectivity index (χ0) is 13.5. The fourth-order valence-corrected chi connectivity index (χ4v) is 1.22. The van der Waals surface area contributed by atoms with Crippen LogP contribution in [-0.2, 0) is 0 Å². The summed E-state index contributed by atoms with van der Waals surface area (Å²) in [6.45, 7) is 0. The van der Waals surface area contributed by atoms with Crippen molar-refractivity contribution in [3.63, 3.8) is 0 Å². The molecule has 0 saturated carbocycles. The number of alkyl halides is 3. The molecule has 0 fully saturated rings. The normalized spacial score (nSPS) is 13.8. The molecule has 0 aliphatic heterocycles. The van der Waals surface area contributed by atoms with Crippen molar-refractivity contribution in [2.45, 2.75) is 6.18 Å². The summed E-state index contributed by atoms with van der Waals surface area (Å²) in [6, 6.07) is 0. The molecule has 10 heteroatoms. The third kappa shape index (κ3) is 1.85. The monoisotopic (exact) mass is 265 g/mol.